The fourth-order valence-corrected chi connectivity index (χ4v) is 1.95. The van der Waals surface area contributed by atoms with Crippen LogP contribution in [0.25, 0.3) is 0 Å². The summed E-state index contributed by atoms with van der Waals surface area (Å²) in [4.78, 5) is 13.5. The van der Waals surface area contributed by atoms with Gasteiger partial charge in [0.15, 0.2) is 0 Å². The predicted octanol–water partition coefficient (Wildman–Crippen LogP) is 1.31. The van der Waals surface area contributed by atoms with Gasteiger partial charge in [-0.15, -0.1) is 0 Å². The Morgan fingerprint density at radius 3 is 2.71 bits per heavy atom. The second-order valence-corrected chi connectivity index (χ2v) is 4.11. The van der Waals surface area contributed by atoms with E-state index in [1.807, 2.05) is 12.1 Å². The molecule has 0 N–H and O–H groups in total. The maximum absolute atomic E-state index is 11.4. The molecule has 0 aliphatic carbocycles. The van der Waals surface area contributed by atoms with Crippen LogP contribution < -0.4 is 0 Å². The van der Waals surface area contributed by atoms with Crippen molar-refractivity contribution in [2.24, 2.45) is 0 Å². The summed E-state index contributed by atoms with van der Waals surface area (Å²) in [5.74, 6) is -0.162. The zero-order chi connectivity index (χ0) is 12.3. The first-order valence-corrected chi connectivity index (χ1v) is 5.55. The molecular formula is C13H14N2O2. The number of hydrogen-bond acceptors (Lipinski definition) is 4. The minimum Gasteiger partial charge on any atom is -0.468 e. The van der Waals surface area contributed by atoms with Crippen LogP contribution in [0, 0.1) is 11.3 Å². The number of hydrogen-bond donors (Lipinski definition) is 0. The Bertz CT molecular complexity index is 447. The van der Waals surface area contributed by atoms with E-state index >= 15 is 0 Å². The molecule has 4 nitrogen and oxygen atoms in total. The molecule has 17 heavy (non-hydrogen) atoms. The molecule has 88 valence electrons. The van der Waals surface area contributed by atoms with Crippen LogP contribution in [0.15, 0.2) is 24.3 Å². The number of esters is 1. The molecule has 1 saturated heterocycles. The Balaban J connectivity index is 1.97. The number of ether oxygens (including phenoxy) is 1. The summed E-state index contributed by atoms with van der Waals surface area (Å²) in [5, 5.41) is 8.69. The third-order valence-corrected chi connectivity index (χ3v) is 3.07. The van der Waals surface area contributed by atoms with Crippen LogP contribution in [-0.2, 0) is 16.1 Å². The van der Waals surface area contributed by atoms with Crippen LogP contribution in [0.3, 0.4) is 0 Å². The van der Waals surface area contributed by atoms with E-state index in [-0.39, 0.29) is 12.0 Å². The summed E-state index contributed by atoms with van der Waals surface area (Å²) in [6.45, 7) is 1.64. The number of carbonyl (C=O) groups is 1. The van der Waals surface area contributed by atoms with Gasteiger partial charge in [-0.05, 0) is 24.1 Å². The average molecular weight is 230 g/mol. The Morgan fingerprint density at radius 1 is 1.53 bits per heavy atom. The van der Waals surface area contributed by atoms with Gasteiger partial charge in [0, 0.05) is 13.1 Å². The Morgan fingerprint density at radius 2 is 2.24 bits per heavy atom. The predicted molar refractivity (Wildman–Crippen MR) is 62.0 cm³/mol. The average Bonchev–Trinajstić information content (AvgIpc) is 2.35. The van der Waals surface area contributed by atoms with Gasteiger partial charge in [0.1, 0.15) is 6.04 Å². The van der Waals surface area contributed by atoms with Crippen molar-refractivity contribution in [3.63, 3.8) is 0 Å². The molecule has 0 radical (unpaired) electrons. The van der Waals surface area contributed by atoms with E-state index < -0.39 is 0 Å². The highest BCUT2D eigenvalue weighted by molar-refractivity contribution is 5.76. The molecular weight excluding hydrogens is 216 g/mol. The zero-order valence-electron chi connectivity index (χ0n) is 9.72. The van der Waals surface area contributed by atoms with Crippen molar-refractivity contribution >= 4 is 5.97 Å². The molecule has 0 saturated carbocycles. The van der Waals surface area contributed by atoms with Gasteiger partial charge in [-0.1, -0.05) is 12.1 Å². The van der Waals surface area contributed by atoms with Crippen molar-refractivity contribution in [1.29, 1.82) is 5.26 Å². The molecule has 4 heteroatoms. The van der Waals surface area contributed by atoms with Crippen LogP contribution in [-0.4, -0.2) is 30.6 Å². The SMILES string of the molecule is COC(=O)C1CCN1Cc1ccc(C#N)cc1. The summed E-state index contributed by atoms with van der Waals surface area (Å²) in [6, 6.07) is 9.41. The van der Waals surface area contributed by atoms with E-state index in [4.69, 9.17) is 10.00 Å². The van der Waals surface area contributed by atoms with Gasteiger partial charge in [0.25, 0.3) is 0 Å². The lowest BCUT2D eigenvalue weighted by molar-refractivity contribution is -0.152. The molecule has 1 fully saturated rings. The number of nitrogens with zero attached hydrogens (tertiary/aromatic N) is 2. The summed E-state index contributed by atoms with van der Waals surface area (Å²) in [5.41, 5.74) is 1.76. The molecule has 1 aromatic rings. The minimum atomic E-state index is -0.162. The van der Waals surface area contributed by atoms with E-state index in [0.29, 0.717) is 5.56 Å². The van der Waals surface area contributed by atoms with E-state index in [0.717, 1.165) is 25.1 Å². The fourth-order valence-electron chi connectivity index (χ4n) is 1.95. The maximum Gasteiger partial charge on any atom is 0.323 e. The smallest absolute Gasteiger partial charge is 0.323 e. The number of likely N-dealkylation sites (tertiary alicyclic amines) is 1. The van der Waals surface area contributed by atoms with E-state index in [9.17, 15) is 4.79 Å². The van der Waals surface area contributed by atoms with Gasteiger partial charge in [0.2, 0.25) is 0 Å². The lowest BCUT2D eigenvalue weighted by atomic mass is 10.0. The Kier molecular flexibility index (Phi) is 3.40. The highest BCUT2D eigenvalue weighted by Crippen LogP contribution is 2.21. The first-order chi connectivity index (χ1) is 8.24. The van der Waals surface area contributed by atoms with Gasteiger partial charge < -0.3 is 4.74 Å². The highest BCUT2D eigenvalue weighted by atomic mass is 16.5. The van der Waals surface area contributed by atoms with Crippen LogP contribution in [0.4, 0.5) is 0 Å². The Hall–Kier alpha value is -1.86. The third kappa shape index (κ3) is 2.45. The summed E-state index contributed by atoms with van der Waals surface area (Å²) < 4.78 is 4.73. The molecule has 1 atom stereocenters. The van der Waals surface area contributed by atoms with Crippen LogP contribution in [0.2, 0.25) is 0 Å². The van der Waals surface area contributed by atoms with Gasteiger partial charge >= 0.3 is 5.97 Å². The second kappa shape index (κ2) is 4.98. The molecule has 0 amide bonds. The summed E-state index contributed by atoms with van der Waals surface area (Å²) in [6.07, 6.45) is 0.864. The second-order valence-electron chi connectivity index (χ2n) is 4.11. The van der Waals surface area contributed by atoms with E-state index in [1.54, 1.807) is 12.1 Å². The molecule has 2 rings (SSSR count). The number of rotatable bonds is 3. The van der Waals surface area contributed by atoms with Crippen LogP contribution >= 0.6 is 0 Å². The van der Waals surface area contributed by atoms with Crippen molar-refractivity contribution in [2.75, 3.05) is 13.7 Å². The van der Waals surface area contributed by atoms with E-state index in [1.165, 1.54) is 7.11 Å². The molecule has 0 bridgehead atoms. The molecule has 1 aliphatic rings. The largest absolute Gasteiger partial charge is 0.468 e. The highest BCUT2D eigenvalue weighted by Gasteiger charge is 2.34. The minimum absolute atomic E-state index is 0.101. The van der Waals surface area contributed by atoms with Gasteiger partial charge in [-0.25, -0.2) is 0 Å². The molecule has 1 heterocycles. The van der Waals surface area contributed by atoms with Crippen molar-refractivity contribution in [2.45, 2.75) is 19.0 Å². The Labute approximate surface area is 100 Å². The monoisotopic (exact) mass is 230 g/mol. The number of nitriles is 1. The van der Waals surface area contributed by atoms with Crippen molar-refractivity contribution in [1.82, 2.24) is 4.90 Å². The van der Waals surface area contributed by atoms with E-state index in [2.05, 4.69) is 11.0 Å². The topological polar surface area (TPSA) is 53.3 Å². The normalized spacial score (nSPS) is 19.2. The number of benzene rings is 1. The van der Waals surface area contributed by atoms with Crippen molar-refractivity contribution in [3.8, 4) is 6.07 Å². The van der Waals surface area contributed by atoms with Gasteiger partial charge in [0.05, 0.1) is 18.7 Å². The number of carbonyl (C=O) groups excluding carboxylic acids is 1. The zero-order valence-corrected chi connectivity index (χ0v) is 9.72. The van der Waals surface area contributed by atoms with Crippen molar-refractivity contribution < 1.29 is 9.53 Å². The molecule has 1 aromatic carbocycles. The maximum atomic E-state index is 11.4. The molecule has 1 aliphatic heterocycles. The van der Waals surface area contributed by atoms with Crippen LogP contribution in [0.5, 0.6) is 0 Å². The van der Waals surface area contributed by atoms with Crippen molar-refractivity contribution in [3.05, 3.63) is 35.4 Å². The fraction of sp³-hybridized carbons (Fsp3) is 0.385. The van der Waals surface area contributed by atoms with Crippen LogP contribution in [0.1, 0.15) is 17.5 Å². The van der Waals surface area contributed by atoms with Gasteiger partial charge in [-0.3, -0.25) is 9.69 Å². The standard InChI is InChI=1S/C13H14N2O2/c1-17-13(16)12-6-7-15(12)9-11-4-2-10(8-14)3-5-11/h2-5,12H,6-7,9H2,1H3. The third-order valence-electron chi connectivity index (χ3n) is 3.07. The number of methoxy groups -OCH3 is 1. The van der Waals surface area contributed by atoms with Gasteiger partial charge in [-0.2, -0.15) is 5.26 Å². The summed E-state index contributed by atoms with van der Waals surface area (Å²) in [7, 11) is 1.42. The summed E-state index contributed by atoms with van der Waals surface area (Å²) >= 11 is 0. The lowest BCUT2D eigenvalue weighted by Crippen LogP contribution is -2.52. The quantitative estimate of drug-likeness (QED) is 0.734. The lowest BCUT2D eigenvalue weighted by Gasteiger charge is -2.38. The molecule has 0 aromatic heterocycles. The first kappa shape index (κ1) is 11.6. The molecule has 1 unspecified atom stereocenters. The molecule has 0 spiro atoms. The first-order valence-electron chi connectivity index (χ1n) is 5.55.